The van der Waals surface area contributed by atoms with Crippen molar-refractivity contribution in [3.8, 4) is 0 Å². The highest BCUT2D eigenvalue weighted by atomic mass is 32.2. The third-order valence-electron chi connectivity index (χ3n) is 4.83. The summed E-state index contributed by atoms with van der Waals surface area (Å²) >= 11 is 1.04. The number of Topliss-reactive ketones (excluding diaryl/α,β-unsaturated/α-hetero) is 2. The highest BCUT2D eigenvalue weighted by molar-refractivity contribution is 7.91. The van der Waals surface area contributed by atoms with E-state index in [0.717, 1.165) is 11.3 Å². The predicted molar refractivity (Wildman–Crippen MR) is 108 cm³/mol. The van der Waals surface area contributed by atoms with Gasteiger partial charge in [-0.05, 0) is 25.3 Å². The van der Waals surface area contributed by atoms with Crippen LogP contribution in [0.4, 0.5) is 0 Å². The van der Waals surface area contributed by atoms with Crippen LogP contribution in [0, 0.1) is 0 Å². The van der Waals surface area contributed by atoms with Crippen LogP contribution in [0.5, 0.6) is 0 Å². The first-order valence-corrected chi connectivity index (χ1v) is 11.5. The maximum Gasteiger partial charge on any atom is 0.271 e. The molecule has 29 heavy (non-hydrogen) atoms. The van der Waals surface area contributed by atoms with Crippen molar-refractivity contribution in [2.75, 3.05) is 13.1 Å². The molecule has 2 heterocycles. The lowest BCUT2D eigenvalue weighted by Crippen LogP contribution is -2.49. The quantitative estimate of drug-likeness (QED) is 0.798. The van der Waals surface area contributed by atoms with Gasteiger partial charge in [-0.15, -0.1) is 11.3 Å². The molecule has 152 valence electrons. The van der Waals surface area contributed by atoms with Crippen LogP contribution in [-0.4, -0.2) is 50.2 Å². The van der Waals surface area contributed by atoms with E-state index < -0.39 is 15.8 Å². The third kappa shape index (κ3) is 3.61. The molecule has 0 bridgehead atoms. The van der Waals surface area contributed by atoms with Crippen LogP contribution >= 0.6 is 11.3 Å². The van der Waals surface area contributed by atoms with Crippen LogP contribution in [0.15, 0.2) is 57.4 Å². The molecule has 0 radical (unpaired) electrons. The monoisotopic (exact) mass is 432 g/mol. The minimum atomic E-state index is -3.99. The van der Waals surface area contributed by atoms with Gasteiger partial charge in [-0.25, -0.2) is 8.42 Å². The molecule has 2 aromatic rings. The number of fused-ring (bicyclic) bond motifs is 1. The van der Waals surface area contributed by atoms with Gasteiger partial charge in [0.1, 0.15) is 15.6 Å². The van der Waals surface area contributed by atoms with Gasteiger partial charge >= 0.3 is 0 Å². The minimum absolute atomic E-state index is 0.0761. The van der Waals surface area contributed by atoms with Crippen LogP contribution in [0.25, 0.3) is 0 Å². The lowest BCUT2D eigenvalue weighted by Gasteiger charge is -2.39. The first kappa shape index (κ1) is 19.8. The van der Waals surface area contributed by atoms with Crippen LogP contribution in [0.3, 0.4) is 0 Å². The zero-order valence-corrected chi connectivity index (χ0v) is 17.5. The summed E-state index contributed by atoms with van der Waals surface area (Å²) in [5, 5.41) is 1.64. The number of benzene rings is 1. The maximum atomic E-state index is 13.3. The number of thiophene rings is 1. The first-order chi connectivity index (χ1) is 13.8. The summed E-state index contributed by atoms with van der Waals surface area (Å²) in [6.45, 7) is 4.51. The summed E-state index contributed by atoms with van der Waals surface area (Å²) in [6.07, 6.45) is -0.331. The smallest absolute Gasteiger partial charge is 0.271 e. The van der Waals surface area contributed by atoms with Gasteiger partial charge in [0.25, 0.3) is 10.0 Å². The zero-order valence-electron chi connectivity index (χ0n) is 15.9. The highest BCUT2D eigenvalue weighted by Gasteiger charge is 2.39. The molecule has 2 aliphatic rings. The molecule has 1 aromatic heterocycles. The number of nitrogens with zero attached hydrogens (tertiary/aromatic N) is 1. The Morgan fingerprint density at radius 1 is 1.00 bits per heavy atom. The van der Waals surface area contributed by atoms with Crippen molar-refractivity contribution in [1.82, 2.24) is 9.62 Å². The van der Waals surface area contributed by atoms with Gasteiger partial charge in [-0.1, -0.05) is 30.3 Å². The molecule has 4 rings (SSSR count). The van der Waals surface area contributed by atoms with Crippen molar-refractivity contribution in [3.05, 3.63) is 64.3 Å². The summed E-state index contributed by atoms with van der Waals surface area (Å²) in [5.74, 6) is -0.882. The van der Waals surface area contributed by atoms with Crippen LogP contribution < -0.4 is 4.72 Å². The number of allylic oxidation sites excluding steroid dienone is 2. The average molecular weight is 433 g/mol. The summed E-state index contributed by atoms with van der Waals surface area (Å²) in [7, 11) is -3.99. The van der Waals surface area contributed by atoms with Crippen molar-refractivity contribution in [3.63, 3.8) is 0 Å². The standard InChI is InChI=1S/C20H20N2O5S2/c1-12-10-22(11-13(2)27-12)18-17(21-29(25,26)16-8-5-9-28-16)19(23)14-6-3-4-7-15(14)20(18)24/h3-9,12-13,21H,10-11H2,1-2H3/t12-,13-/m0/s1. The van der Waals surface area contributed by atoms with E-state index in [-0.39, 0.29) is 44.7 Å². The Balaban J connectivity index is 1.85. The molecule has 1 aliphatic carbocycles. The number of nitrogens with one attached hydrogen (secondary N) is 1. The second-order valence-corrected chi connectivity index (χ2v) is 9.98. The molecule has 1 fully saturated rings. The summed E-state index contributed by atoms with van der Waals surface area (Å²) in [6, 6.07) is 9.54. The van der Waals surface area contributed by atoms with E-state index in [0.29, 0.717) is 13.1 Å². The van der Waals surface area contributed by atoms with Crippen molar-refractivity contribution >= 4 is 32.9 Å². The number of ketones is 2. The summed E-state index contributed by atoms with van der Waals surface area (Å²) in [5.41, 5.74) is 0.345. The fourth-order valence-electron chi connectivity index (χ4n) is 3.72. The van der Waals surface area contributed by atoms with Gasteiger partial charge in [-0.3, -0.25) is 14.3 Å². The Morgan fingerprint density at radius 3 is 2.21 bits per heavy atom. The van der Waals surface area contributed by atoms with Crippen LogP contribution in [-0.2, 0) is 14.8 Å². The lowest BCUT2D eigenvalue weighted by atomic mass is 9.89. The normalized spacial score (nSPS) is 22.6. The van der Waals surface area contributed by atoms with Gasteiger partial charge in [0.2, 0.25) is 11.6 Å². The van der Waals surface area contributed by atoms with Gasteiger partial charge in [0, 0.05) is 24.2 Å². The topological polar surface area (TPSA) is 92.8 Å². The number of hydrogen-bond donors (Lipinski definition) is 1. The molecule has 2 atom stereocenters. The fourth-order valence-corrected chi connectivity index (χ4v) is 5.78. The maximum absolute atomic E-state index is 13.3. The van der Waals surface area contributed by atoms with Gasteiger partial charge < -0.3 is 9.64 Å². The molecular weight excluding hydrogens is 412 g/mol. The largest absolute Gasteiger partial charge is 0.372 e. The highest BCUT2D eigenvalue weighted by Crippen LogP contribution is 2.30. The minimum Gasteiger partial charge on any atom is -0.372 e. The van der Waals surface area contributed by atoms with Gasteiger partial charge in [0.15, 0.2) is 0 Å². The second-order valence-electron chi connectivity index (χ2n) is 7.13. The number of sulfonamides is 1. The molecule has 1 aliphatic heterocycles. The Bertz CT molecular complexity index is 1100. The van der Waals surface area contributed by atoms with Crippen molar-refractivity contribution in [1.29, 1.82) is 0 Å². The average Bonchev–Trinajstić information content (AvgIpc) is 3.21. The molecule has 0 amide bonds. The summed E-state index contributed by atoms with van der Waals surface area (Å²) < 4.78 is 33.9. The second kappa shape index (κ2) is 7.40. The third-order valence-corrected chi connectivity index (χ3v) is 7.57. The molecule has 0 saturated carbocycles. The van der Waals surface area contributed by atoms with Gasteiger partial charge in [-0.2, -0.15) is 0 Å². The van der Waals surface area contributed by atoms with Crippen molar-refractivity contribution in [2.24, 2.45) is 0 Å². The van der Waals surface area contributed by atoms with E-state index >= 15 is 0 Å². The Kier molecular flexibility index (Phi) is 5.05. The van der Waals surface area contributed by atoms with Crippen molar-refractivity contribution in [2.45, 2.75) is 30.3 Å². The number of hydrogen-bond acceptors (Lipinski definition) is 7. The van der Waals surface area contributed by atoms with E-state index in [1.54, 1.807) is 34.5 Å². The van der Waals surface area contributed by atoms with Crippen LogP contribution in [0.2, 0.25) is 0 Å². The molecule has 0 unspecified atom stereocenters. The van der Waals surface area contributed by atoms with Gasteiger partial charge in [0.05, 0.1) is 12.2 Å². The molecule has 9 heteroatoms. The number of rotatable bonds is 4. The number of carbonyl (C=O) groups excluding carboxylic acids is 2. The molecule has 7 nitrogen and oxygen atoms in total. The van der Waals surface area contributed by atoms with E-state index in [9.17, 15) is 18.0 Å². The van der Waals surface area contributed by atoms with Crippen LogP contribution in [0.1, 0.15) is 34.6 Å². The van der Waals surface area contributed by atoms with E-state index in [2.05, 4.69) is 4.72 Å². The number of morpholine rings is 1. The SMILES string of the molecule is C[C@H]1CN(C2=C(NS(=O)(=O)c3cccs3)C(=O)c3ccccc3C2=O)C[C@H](C)O1. The Hall–Kier alpha value is -2.49. The molecular formula is C20H20N2O5S2. The lowest BCUT2D eigenvalue weighted by molar-refractivity contribution is -0.0574. The molecule has 1 aromatic carbocycles. The molecule has 0 spiro atoms. The fraction of sp³-hybridized carbons (Fsp3) is 0.300. The molecule has 1 N–H and O–H groups in total. The Labute approximate surface area is 173 Å². The Morgan fingerprint density at radius 2 is 1.62 bits per heavy atom. The van der Waals surface area contributed by atoms with Crippen molar-refractivity contribution < 1.29 is 22.7 Å². The van der Waals surface area contributed by atoms with E-state index in [1.165, 1.54) is 12.1 Å². The first-order valence-electron chi connectivity index (χ1n) is 9.17. The summed E-state index contributed by atoms with van der Waals surface area (Å²) in [4.78, 5) is 28.3. The van der Waals surface area contributed by atoms with E-state index in [1.807, 2.05) is 13.8 Å². The number of carbonyl (C=O) groups is 2. The molecule has 1 saturated heterocycles. The zero-order chi connectivity index (χ0) is 20.8. The predicted octanol–water partition coefficient (Wildman–Crippen LogP) is 2.43. The number of ether oxygens (including phenoxy) is 1. The van der Waals surface area contributed by atoms with E-state index in [4.69, 9.17) is 4.74 Å².